The van der Waals surface area contributed by atoms with Crippen molar-refractivity contribution in [3.8, 4) is 17.0 Å². The molecule has 0 aliphatic rings. The topological polar surface area (TPSA) is 106 Å². The van der Waals surface area contributed by atoms with Gasteiger partial charge in [-0.2, -0.15) is 5.10 Å². The number of halogens is 1. The molecule has 0 aliphatic heterocycles. The number of methoxy groups -OCH3 is 1. The summed E-state index contributed by atoms with van der Waals surface area (Å²) in [6, 6.07) is 7.70. The Morgan fingerprint density at radius 2 is 2.03 bits per heavy atom. The fourth-order valence-electron chi connectivity index (χ4n) is 2.89. The summed E-state index contributed by atoms with van der Waals surface area (Å²) in [7, 11) is 3.23. The maximum atomic E-state index is 14.1. The van der Waals surface area contributed by atoms with E-state index >= 15 is 0 Å². The molecule has 1 atom stereocenters. The number of benzene rings is 1. The minimum atomic E-state index is -1.17. The summed E-state index contributed by atoms with van der Waals surface area (Å²) in [6.45, 7) is 0. The molecule has 0 spiro atoms. The van der Waals surface area contributed by atoms with E-state index in [0.29, 0.717) is 17.0 Å². The van der Waals surface area contributed by atoms with Crippen LogP contribution in [0.4, 0.5) is 4.39 Å². The third-order valence-electron chi connectivity index (χ3n) is 4.25. The number of amides is 1. The summed E-state index contributed by atoms with van der Waals surface area (Å²) in [5.74, 6) is -1.95. The van der Waals surface area contributed by atoms with E-state index in [4.69, 9.17) is 9.84 Å². The third kappa shape index (κ3) is 4.57. The van der Waals surface area contributed by atoms with E-state index in [-0.39, 0.29) is 11.3 Å². The lowest BCUT2D eigenvalue weighted by molar-refractivity contribution is -0.137. The average molecular weight is 398 g/mol. The van der Waals surface area contributed by atoms with Crippen molar-refractivity contribution in [1.82, 2.24) is 20.1 Å². The van der Waals surface area contributed by atoms with Crippen LogP contribution in [0.25, 0.3) is 11.3 Å². The summed E-state index contributed by atoms with van der Waals surface area (Å²) >= 11 is 0. The summed E-state index contributed by atoms with van der Waals surface area (Å²) in [6.07, 6.45) is 2.83. The highest BCUT2D eigenvalue weighted by molar-refractivity contribution is 5.93. The molecule has 150 valence electrons. The molecule has 1 amide bonds. The van der Waals surface area contributed by atoms with Gasteiger partial charge < -0.3 is 15.2 Å². The Morgan fingerprint density at radius 3 is 2.66 bits per heavy atom. The van der Waals surface area contributed by atoms with Gasteiger partial charge in [0.25, 0.3) is 5.91 Å². The smallest absolute Gasteiger partial charge is 0.305 e. The van der Waals surface area contributed by atoms with Gasteiger partial charge in [-0.3, -0.25) is 14.3 Å². The number of hydrogen-bond donors (Lipinski definition) is 2. The molecule has 0 radical (unpaired) electrons. The molecule has 9 heteroatoms. The van der Waals surface area contributed by atoms with Gasteiger partial charge in [-0.25, -0.2) is 9.37 Å². The Bertz CT molecular complexity index is 1050. The number of rotatable bonds is 7. The number of carboxylic acid groups (broad SMARTS) is 1. The van der Waals surface area contributed by atoms with E-state index < -0.39 is 30.2 Å². The number of carbonyl (C=O) groups is 2. The molecule has 0 unspecified atom stereocenters. The van der Waals surface area contributed by atoms with Crippen LogP contribution in [0.2, 0.25) is 0 Å². The second-order valence-corrected chi connectivity index (χ2v) is 6.30. The van der Waals surface area contributed by atoms with Crippen LogP contribution in [0.5, 0.6) is 5.75 Å². The molecule has 0 saturated heterocycles. The molecular weight excluding hydrogens is 379 g/mol. The number of ether oxygens (including phenoxy) is 1. The number of nitrogens with one attached hydrogen (secondary N) is 1. The highest BCUT2D eigenvalue weighted by atomic mass is 19.1. The van der Waals surface area contributed by atoms with Crippen LogP contribution in [-0.4, -0.2) is 38.9 Å². The maximum absolute atomic E-state index is 14.1. The van der Waals surface area contributed by atoms with E-state index in [1.165, 1.54) is 31.4 Å². The number of aromatic nitrogens is 3. The van der Waals surface area contributed by atoms with Crippen LogP contribution in [0.15, 0.2) is 48.8 Å². The van der Waals surface area contributed by atoms with Crippen LogP contribution in [0.1, 0.15) is 28.5 Å². The first-order valence-corrected chi connectivity index (χ1v) is 8.70. The first-order valence-electron chi connectivity index (χ1n) is 8.70. The molecule has 0 bridgehead atoms. The van der Waals surface area contributed by atoms with Crippen molar-refractivity contribution in [3.05, 3.63) is 65.9 Å². The zero-order valence-corrected chi connectivity index (χ0v) is 15.8. The minimum absolute atomic E-state index is 0.0383. The number of carbonyl (C=O) groups excluding carboxylic acids is 1. The van der Waals surface area contributed by atoms with Crippen molar-refractivity contribution in [1.29, 1.82) is 0 Å². The van der Waals surface area contributed by atoms with Gasteiger partial charge in [0.2, 0.25) is 0 Å². The highest BCUT2D eigenvalue weighted by Gasteiger charge is 2.23. The Hall–Kier alpha value is -3.75. The first kappa shape index (κ1) is 20.0. The Kier molecular flexibility index (Phi) is 5.87. The average Bonchev–Trinajstić information content (AvgIpc) is 3.13. The number of carboxylic acids is 1. The van der Waals surface area contributed by atoms with Gasteiger partial charge in [-0.15, -0.1) is 0 Å². The molecule has 2 heterocycles. The summed E-state index contributed by atoms with van der Waals surface area (Å²) in [4.78, 5) is 28.3. The van der Waals surface area contributed by atoms with E-state index in [1.807, 2.05) is 0 Å². The fraction of sp³-hybridized carbons (Fsp3) is 0.200. The van der Waals surface area contributed by atoms with E-state index in [1.54, 1.807) is 36.3 Å². The lowest BCUT2D eigenvalue weighted by atomic mass is 10.0. The fourth-order valence-corrected chi connectivity index (χ4v) is 2.89. The van der Waals surface area contributed by atoms with E-state index in [2.05, 4.69) is 15.4 Å². The van der Waals surface area contributed by atoms with E-state index in [9.17, 15) is 14.0 Å². The lowest BCUT2D eigenvalue weighted by Gasteiger charge is -2.18. The number of pyridine rings is 1. The molecular formula is C20H19FN4O4. The van der Waals surface area contributed by atoms with Crippen molar-refractivity contribution >= 4 is 11.9 Å². The molecule has 0 saturated carbocycles. The van der Waals surface area contributed by atoms with Gasteiger partial charge in [0, 0.05) is 24.4 Å². The maximum Gasteiger partial charge on any atom is 0.305 e. The van der Waals surface area contributed by atoms with Crippen molar-refractivity contribution < 1.29 is 23.8 Å². The molecule has 2 N–H and O–H groups in total. The molecule has 2 aromatic heterocycles. The van der Waals surface area contributed by atoms with Gasteiger partial charge in [0.05, 0.1) is 25.8 Å². The lowest BCUT2D eigenvalue weighted by Crippen LogP contribution is -2.31. The number of nitrogens with zero attached hydrogens (tertiary/aromatic N) is 3. The molecule has 0 fully saturated rings. The van der Waals surface area contributed by atoms with Crippen LogP contribution >= 0.6 is 0 Å². The molecule has 29 heavy (non-hydrogen) atoms. The Labute approximate surface area is 166 Å². The van der Waals surface area contributed by atoms with Crippen molar-refractivity contribution in [2.45, 2.75) is 12.5 Å². The number of aliphatic carboxylic acids is 1. The predicted molar refractivity (Wildman–Crippen MR) is 102 cm³/mol. The van der Waals surface area contributed by atoms with Crippen LogP contribution in [0.3, 0.4) is 0 Å². The molecule has 8 nitrogen and oxygen atoms in total. The summed E-state index contributed by atoms with van der Waals surface area (Å²) in [5.41, 5.74) is 1.18. The molecule has 0 aliphatic carbocycles. The van der Waals surface area contributed by atoms with Crippen molar-refractivity contribution in [3.63, 3.8) is 0 Å². The largest absolute Gasteiger partial charge is 0.494 e. The summed E-state index contributed by atoms with van der Waals surface area (Å²) in [5, 5.41) is 15.8. The van der Waals surface area contributed by atoms with Gasteiger partial charge in [0.1, 0.15) is 23.0 Å². The zero-order chi connectivity index (χ0) is 21.0. The Balaban J connectivity index is 1.92. The van der Waals surface area contributed by atoms with Crippen molar-refractivity contribution in [2.24, 2.45) is 7.05 Å². The monoisotopic (exact) mass is 398 g/mol. The molecule has 3 rings (SSSR count). The van der Waals surface area contributed by atoms with Crippen LogP contribution in [0, 0.1) is 5.82 Å². The Morgan fingerprint density at radius 1 is 1.28 bits per heavy atom. The standard InChI is InChI=1S/C20H19FN4O4/c1-25-11-12(10-22-25)19-17(29-2)8-7-15(23-19)20(28)24-16(9-18(26)27)13-5-3-4-6-14(13)21/h3-8,10-11,16H,9H2,1-2H3,(H,24,28)(H,26,27)/t16-/m0/s1. The minimum Gasteiger partial charge on any atom is -0.494 e. The van der Waals surface area contributed by atoms with Crippen molar-refractivity contribution in [2.75, 3.05) is 7.11 Å². The second kappa shape index (κ2) is 8.51. The normalized spacial score (nSPS) is 11.7. The number of hydrogen-bond acceptors (Lipinski definition) is 5. The predicted octanol–water partition coefficient (Wildman–Crippen LogP) is 2.58. The molecule has 3 aromatic rings. The zero-order valence-electron chi connectivity index (χ0n) is 15.8. The highest BCUT2D eigenvalue weighted by Crippen LogP contribution is 2.28. The van der Waals surface area contributed by atoms with Crippen LogP contribution in [-0.2, 0) is 11.8 Å². The van der Waals surface area contributed by atoms with Gasteiger partial charge >= 0.3 is 5.97 Å². The number of aryl methyl sites for hydroxylation is 1. The second-order valence-electron chi connectivity index (χ2n) is 6.30. The van der Waals surface area contributed by atoms with Gasteiger partial charge in [-0.1, -0.05) is 18.2 Å². The van der Waals surface area contributed by atoms with Gasteiger partial charge in [-0.05, 0) is 18.2 Å². The van der Waals surface area contributed by atoms with Crippen LogP contribution < -0.4 is 10.1 Å². The molecule has 1 aromatic carbocycles. The summed E-state index contributed by atoms with van der Waals surface area (Å²) < 4.78 is 21.0. The third-order valence-corrected chi connectivity index (χ3v) is 4.25. The van der Waals surface area contributed by atoms with Gasteiger partial charge in [0.15, 0.2) is 0 Å². The van der Waals surface area contributed by atoms with E-state index in [0.717, 1.165) is 0 Å². The SMILES string of the molecule is COc1ccc(C(=O)N[C@@H](CC(=O)O)c2ccccc2F)nc1-c1cnn(C)c1. The quantitative estimate of drug-likeness (QED) is 0.634. The first-order chi connectivity index (χ1) is 13.9.